The zero-order valence-corrected chi connectivity index (χ0v) is 10.9. The summed E-state index contributed by atoms with van der Waals surface area (Å²) in [6.45, 7) is 0. The first-order valence-electron chi connectivity index (χ1n) is 5.37. The highest BCUT2D eigenvalue weighted by atomic mass is 32.1. The number of hydrogen-bond acceptors (Lipinski definition) is 6. The summed E-state index contributed by atoms with van der Waals surface area (Å²) in [5.41, 5.74) is 7.00. The second-order valence-electron chi connectivity index (χ2n) is 3.88. The number of aromatic hydroxyl groups is 1. The second-order valence-corrected chi connectivity index (χ2v) is 4.66. The van der Waals surface area contributed by atoms with E-state index in [1.54, 1.807) is 0 Å². The van der Waals surface area contributed by atoms with Crippen molar-refractivity contribution in [1.29, 1.82) is 0 Å². The molecule has 1 atom stereocenters. The Morgan fingerprint density at radius 1 is 1.47 bits per heavy atom. The molecule has 3 N–H and O–H groups in total. The first-order chi connectivity index (χ1) is 9.04. The van der Waals surface area contributed by atoms with Crippen LogP contribution in [0.4, 0.5) is 5.69 Å². The van der Waals surface area contributed by atoms with E-state index in [9.17, 15) is 15.2 Å². The van der Waals surface area contributed by atoms with E-state index in [4.69, 9.17) is 10.5 Å². The van der Waals surface area contributed by atoms with E-state index in [0.29, 0.717) is 5.56 Å². The van der Waals surface area contributed by atoms with Crippen molar-refractivity contribution >= 4 is 17.0 Å². The number of thiophene rings is 1. The predicted molar refractivity (Wildman–Crippen MR) is 71.7 cm³/mol. The van der Waals surface area contributed by atoms with Crippen LogP contribution in [-0.4, -0.2) is 17.1 Å². The third kappa shape index (κ3) is 2.51. The summed E-state index contributed by atoms with van der Waals surface area (Å²) in [4.78, 5) is 10.2. The third-order valence-electron chi connectivity index (χ3n) is 2.76. The molecule has 0 aliphatic rings. The smallest absolute Gasteiger partial charge is 0.315 e. The second kappa shape index (κ2) is 5.25. The highest BCUT2D eigenvalue weighted by molar-refractivity contribution is 7.08. The van der Waals surface area contributed by atoms with Crippen LogP contribution in [-0.2, 0) is 0 Å². The maximum atomic E-state index is 10.9. The lowest BCUT2D eigenvalue weighted by atomic mass is 10.0. The number of rotatable bonds is 4. The van der Waals surface area contributed by atoms with E-state index in [2.05, 4.69) is 0 Å². The number of phenolic OH excluding ortho intramolecular Hbond substituents is 1. The van der Waals surface area contributed by atoms with Crippen molar-refractivity contribution in [2.24, 2.45) is 5.73 Å². The first-order valence-corrected chi connectivity index (χ1v) is 6.32. The molecule has 0 spiro atoms. The van der Waals surface area contributed by atoms with E-state index in [0.717, 1.165) is 5.56 Å². The average Bonchev–Trinajstić information content (AvgIpc) is 2.91. The number of methoxy groups -OCH3 is 1. The maximum absolute atomic E-state index is 10.9. The molecule has 1 aromatic carbocycles. The van der Waals surface area contributed by atoms with E-state index in [-0.39, 0.29) is 5.75 Å². The minimum absolute atomic E-state index is 0.0369. The molecule has 2 rings (SSSR count). The molecule has 0 aliphatic heterocycles. The molecular weight excluding hydrogens is 268 g/mol. The molecule has 6 nitrogen and oxygen atoms in total. The van der Waals surface area contributed by atoms with Crippen molar-refractivity contribution in [2.45, 2.75) is 6.04 Å². The molecule has 19 heavy (non-hydrogen) atoms. The summed E-state index contributed by atoms with van der Waals surface area (Å²) in [5, 5.41) is 24.3. The van der Waals surface area contributed by atoms with E-state index in [1.807, 2.05) is 16.8 Å². The topological polar surface area (TPSA) is 98.6 Å². The number of benzene rings is 1. The molecule has 0 fully saturated rings. The van der Waals surface area contributed by atoms with Crippen LogP contribution in [0.25, 0.3) is 0 Å². The number of nitro groups is 1. The summed E-state index contributed by atoms with van der Waals surface area (Å²) in [5.74, 6) is -0.455. The Morgan fingerprint density at radius 2 is 2.21 bits per heavy atom. The van der Waals surface area contributed by atoms with Crippen molar-refractivity contribution in [1.82, 2.24) is 0 Å². The van der Waals surface area contributed by atoms with Crippen molar-refractivity contribution < 1.29 is 14.8 Å². The number of hydrogen-bond donors (Lipinski definition) is 2. The molecule has 0 amide bonds. The lowest BCUT2D eigenvalue weighted by Crippen LogP contribution is -2.11. The van der Waals surface area contributed by atoms with Crippen LogP contribution in [0.5, 0.6) is 11.5 Å². The summed E-state index contributed by atoms with van der Waals surface area (Å²) in [7, 11) is 1.33. The fraction of sp³-hybridized carbons (Fsp3) is 0.167. The monoisotopic (exact) mass is 280 g/mol. The molecule has 100 valence electrons. The fourth-order valence-corrected chi connectivity index (χ4v) is 2.43. The van der Waals surface area contributed by atoms with Gasteiger partial charge in [0.25, 0.3) is 0 Å². The largest absolute Gasteiger partial charge is 0.500 e. The van der Waals surface area contributed by atoms with E-state index in [1.165, 1.54) is 30.6 Å². The number of nitro benzene ring substituents is 1. The van der Waals surface area contributed by atoms with Crippen LogP contribution >= 0.6 is 11.3 Å². The first kappa shape index (κ1) is 13.3. The van der Waals surface area contributed by atoms with Crippen LogP contribution in [0.3, 0.4) is 0 Å². The lowest BCUT2D eigenvalue weighted by Gasteiger charge is -2.13. The molecule has 0 unspecified atom stereocenters. The van der Waals surface area contributed by atoms with E-state index >= 15 is 0 Å². The van der Waals surface area contributed by atoms with Crippen molar-refractivity contribution in [3.8, 4) is 11.5 Å². The minimum atomic E-state index is -0.665. The quantitative estimate of drug-likeness (QED) is 0.662. The van der Waals surface area contributed by atoms with Gasteiger partial charge in [-0.15, -0.1) is 0 Å². The molecule has 0 saturated carbocycles. The Bertz CT molecular complexity index is 598. The molecule has 1 aromatic heterocycles. The van der Waals surface area contributed by atoms with E-state index < -0.39 is 22.4 Å². The Labute approximate surface area is 113 Å². The molecule has 2 aromatic rings. The number of nitrogens with two attached hydrogens (primary N) is 1. The van der Waals surface area contributed by atoms with Gasteiger partial charge in [0.05, 0.1) is 18.1 Å². The van der Waals surface area contributed by atoms with Gasteiger partial charge in [-0.25, -0.2) is 0 Å². The average molecular weight is 280 g/mol. The normalized spacial score (nSPS) is 12.1. The van der Waals surface area contributed by atoms with Gasteiger partial charge in [-0.3, -0.25) is 10.1 Å². The molecule has 0 saturated heterocycles. The summed E-state index contributed by atoms with van der Waals surface area (Å²) >= 11 is 1.49. The van der Waals surface area contributed by atoms with Gasteiger partial charge in [0.2, 0.25) is 5.75 Å². The standard InChI is InChI=1S/C12H12N2O4S/c1-18-10-5-8(4-9(12(10)15)14(16)17)11(13)7-2-3-19-6-7/h2-6,11,15H,13H2,1H3/t11-/m1/s1. The Balaban J connectivity index is 2.52. The van der Waals surface area contributed by atoms with Gasteiger partial charge in [0, 0.05) is 6.07 Å². The van der Waals surface area contributed by atoms with Crippen LogP contribution in [0, 0.1) is 10.1 Å². The molecule has 0 bridgehead atoms. The van der Waals surface area contributed by atoms with Gasteiger partial charge < -0.3 is 15.6 Å². The van der Waals surface area contributed by atoms with Crippen LogP contribution < -0.4 is 10.5 Å². The van der Waals surface area contributed by atoms with Gasteiger partial charge in [-0.2, -0.15) is 11.3 Å². The van der Waals surface area contributed by atoms with Crippen LogP contribution in [0.1, 0.15) is 17.2 Å². The molecule has 0 radical (unpaired) electrons. The summed E-state index contributed by atoms with van der Waals surface area (Å²) in [6, 6.07) is 4.12. The molecule has 1 heterocycles. The molecule has 7 heteroatoms. The Morgan fingerprint density at radius 3 is 2.74 bits per heavy atom. The third-order valence-corrected chi connectivity index (χ3v) is 3.46. The van der Waals surface area contributed by atoms with Gasteiger partial charge >= 0.3 is 5.69 Å². The van der Waals surface area contributed by atoms with Crippen molar-refractivity contribution in [3.05, 3.63) is 50.2 Å². The highest BCUT2D eigenvalue weighted by Gasteiger charge is 2.22. The molecular formula is C12H12N2O4S. The lowest BCUT2D eigenvalue weighted by molar-refractivity contribution is -0.386. The summed E-state index contributed by atoms with van der Waals surface area (Å²) < 4.78 is 4.94. The minimum Gasteiger partial charge on any atom is -0.500 e. The van der Waals surface area contributed by atoms with Gasteiger partial charge in [0.15, 0.2) is 5.75 Å². The summed E-state index contributed by atoms with van der Waals surface area (Å²) in [6.07, 6.45) is 0. The molecule has 0 aliphatic carbocycles. The number of nitrogens with zero attached hydrogens (tertiary/aromatic N) is 1. The van der Waals surface area contributed by atoms with Crippen molar-refractivity contribution in [3.63, 3.8) is 0 Å². The Hall–Kier alpha value is -2.12. The zero-order chi connectivity index (χ0) is 14.0. The SMILES string of the molecule is COc1cc([C@H](N)c2ccsc2)cc([N+](=O)[O-])c1O. The van der Waals surface area contributed by atoms with Crippen molar-refractivity contribution in [2.75, 3.05) is 7.11 Å². The van der Waals surface area contributed by atoms with Gasteiger partial charge in [0.1, 0.15) is 0 Å². The fourth-order valence-electron chi connectivity index (χ4n) is 1.73. The highest BCUT2D eigenvalue weighted by Crippen LogP contribution is 2.39. The van der Waals surface area contributed by atoms with Crippen LogP contribution in [0.15, 0.2) is 29.0 Å². The number of ether oxygens (including phenoxy) is 1. The van der Waals surface area contributed by atoms with Gasteiger partial charge in [-0.1, -0.05) is 0 Å². The van der Waals surface area contributed by atoms with Crippen LogP contribution in [0.2, 0.25) is 0 Å². The Kier molecular flexibility index (Phi) is 3.68. The predicted octanol–water partition coefficient (Wildman–Crippen LogP) is 2.42. The number of phenols is 1. The zero-order valence-electron chi connectivity index (χ0n) is 10.1. The maximum Gasteiger partial charge on any atom is 0.315 e. The van der Waals surface area contributed by atoms with Gasteiger partial charge in [-0.05, 0) is 34.0 Å².